The molecule has 2 heteroatoms. The van der Waals surface area contributed by atoms with Crippen molar-refractivity contribution in [3.63, 3.8) is 0 Å². The number of ether oxygens (including phenoxy) is 1. The van der Waals surface area contributed by atoms with Crippen molar-refractivity contribution in [2.75, 3.05) is 0 Å². The van der Waals surface area contributed by atoms with Crippen LogP contribution >= 0.6 is 0 Å². The molecule has 1 aromatic rings. The number of pyridine rings is 1. The zero-order valence-electron chi connectivity index (χ0n) is 5.95. The molecular formula is C8H10NO. The van der Waals surface area contributed by atoms with Gasteiger partial charge < -0.3 is 4.74 Å². The fourth-order valence-electron chi connectivity index (χ4n) is 0.702. The Morgan fingerprint density at radius 2 is 2.40 bits per heavy atom. The molecule has 1 unspecified atom stereocenters. The summed E-state index contributed by atoms with van der Waals surface area (Å²) in [6.45, 7) is 1.91. The number of rotatable bonds is 2. The molecule has 0 amide bonds. The summed E-state index contributed by atoms with van der Waals surface area (Å²) in [7, 11) is 3.32. The first-order chi connectivity index (χ1) is 4.84. The normalized spacial score (nSPS) is 13.0. The van der Waals surface area contributed by atoms with Gasteiger partial charge in [0.1, 0.15) is 0 Å². The number of nitrogens with zero attached hydrogens (tertiary/aromatic N) is 1. The number of aromatic nitrogens is 1. The Hall–Kier alpha value is -0.890. The van der Waals surface area contributed by atoms with E-state index in [1.54, 1.807) is 6.20 Å². The second kappa shape index (κ2) is 3.32. The van der Waals surface area contributed by atoms with Gasteiger partial charge in [0.15, 0.2) is 0 Å². The van der Waals surface area contributed by atoms with Crippen molar-refractivity contribution < 1.29 is 4.74 Å². The quantitative estimate of drug-likeness (QED) is 0.620. The second-order valence-electron chi connectivity index (χ2n) is 2.06. The van der Waals surface area contributed by atoms with Gasteiger partial charge in [-0.05, 0) is 19.1 Å². The van der Waals surface area contributed by atoms with Crippen molar-refractivity contribution >= 4 is 0 Å². The molecule has 0 fully saturated rings. The van der Waals surface area contributed by atoms with Crippen LogP contribution < -0.4 is 0 Å². The van der Waals surface area contributed by atoms with Gasteiger partial charge >= 0.3 is 0 Å². The van der Waals surface area contributed by atoms with Crippen molar-refractivity contribution in [3.05, 3.63) is 37.2 Å². The molecule has 53 valence electrons. The van der Waals surface area contributed by atoms with Crippen LogP contribution in [0.25, 0.3) is 0 Å². The summed E-state index contributed by atoms with van der Waals surface area (Å²) >= 11 is 0. The van der Waals surface area contributed by atoms with Crippen LogP contribution in [-0.2, 0) is 4.74 Å². The van der Waals surface area contributed by atoms with E-state index in [-0.39, 0.29) is 6.10 Å². The van der Waals surface area contributed by atoms with Crippen LogP contribution in [0.2, 0.25) is 0 Å². The predicted octanol–water partition coefficient (Wildman–Crippen LogP) is 1.95. The average Bonchev–Trinajstić information content (AvgIpc) is 2.05. The molecule has 1 aromatic heterocycles. The summed E-state index contributed by atoms with van der Waals surface area (Å²) < 4.78 is 4.82. The van der Waals surface area contributed by atoms with Gasteiger partial charge in [0.25, 0.3) is 0 Å². The molecule has 0 saturated carbocycles. The monoisotopic (exact) mass is 136 g/mol. The molecule has 0 saturated heterocycles. The number of hydrogen-bond acceptors (Lipinski definition) is 2. The minimum atomic E-state index is -0.0128. The van der Waals surface area contributed by atoms with E-state index >= 15 is 0 Å². The minimum Gasteiger partial charge on any atom is -0.370 e. The van der Waals surface area contributed by atoms with Crippen LogP contribution in [0.1, 0.15) is 18.7 Å². The summed E-state index contributed by atoms with van der Waals surface area (Å²) in [4.78, 5) is 4.08. The highest BCUT2D eigenvalue weighted by atomic mass is 16.5. The van der Waals surface area contributed by atoms with Gasteiger partial charge in [-0.1, -0.05) is 6.07 Å². The first kappa shape index (κ1) is 7.22. The van der Waals surface area contributed by atoms with Crippen LogP contribution in [0.15, 0.2) is 24.4 Å². The minimum absolute atomic E-state index is 0.0128. The molecule has 0 aromatic carbocycles. The van der Waals surface area contributed by atoms with Gasteiger partial charge in [0.05, 0.1) is 18.9 Å². The van der Waals surface area contributed by atoms with Crippen LogP contribution in [-0.4, -0.2) is 4.98 Å². The molecule has 2 nitrogen and oxygen atoms in total. The van der Waals surface area contributed by atoms with E-state index in [0.717, 1.165) is 5.69 Å². The van der Waals surface area contributed by atoms with Gasteiger partial charge in [-0.2, -0.15) is 0 Å². The molecule has 0 aliphatic rings. The highest BCUT2D eigenvalue weighted by Gasteiger charge is 2.01. The van der Waals surface area contributed by atoms with E-state index in [9.17, 15) is 0 Å². The summed E-state index contributed by atoms with van der Waals surface area (Å²) in [6, 6.07) is 5.72. The van der Waals surface area contributed by atoms with Crippen LogP contribution in [0.5, 0.6) is 0 Å². The summed E-state index contributed by atoms with van der Waals surface area (Å²) in [5.41, 5.74) is 0.914. The fourth-order valence-corrected chi connectivity index (χ4v) is 0.702. The lowest BCUT2D eigenvalue weighted by Gasteiger charge is -2.06. The molecule has 1 heterocycles. The first-order valence-corrected chi connectivity index (χ1v) is 3.16. The van der Waals surface area contributed by atoms with Gasteiger partial charge in [-0.25, -0.2) is 0 Å². The summed E-state index contributed by atoms with van der Waals surface area (Å²) in [6.07, 6.45) is 1.73. The summed E-state index contributed by atoms with van der Waals surface area (Å²) in [5, 5.41) is 0. The highest BCUT2D eigenvalue weighted by Crippen LogP contribution is 2.11. The third-order valence-corrected chi connectivity index (χ3v) is 1.35. The Kier molecular flexibility index (Phi) is 2.40. The molecule has 0 aliphatic heterocycles. The Bertz CT molecular complexity index is 186. The van der Waals surface area contributed by atoms with E-state index in [2.05, 4.69) is 12.1 Å². The Morgan fingerprint density at radius 3 is 2.90 bits per heavy atom. The fraction of sp³-hybridized carbons (Fsp3) is 0.250. The van der Waals surface area contributed by atoms with Crippen LogP contribution in [0.3, 0.4) is 0 Å². The van der Waals surface area contributed by atoms with Crippen LogP contribution in [0.4, 0.5) is 0 Å². The molecule has 0 bridgehead atoms. The maximum Gasteiger partial charge on any atom is 0.0967 e. The molecule has 1 atom stereocenters. The second-order valence-corrected chi connectivity index (χ2v) is 2.06. The van der Waals surface area contributed by atoms with Crippen molar-refractivity contribution in [1.29, 1.82) is 0 Å². The lowest BCUT2D eigenvalue weighted by molar-refractivity contribution is 0.153. The zero-order valence-corrected chi connectivity index (χ0v) is 5.95. The van der Waals surface area contributed by atoms with Crippen molar-refractivity contribution in [2.45, 2.75) is 13.0 Å². The molecule has 0 N–H and O–H groups in total. The Balaban J connectivity index is 2.75. The first-order valence-electron chi connectivity index (χ1n) is 3.16. The van der Waals surface area contributed by atoms with Gasteiger partial charge in [0, 0.05) is 6.20 Å². The SMILES string of the molecule is [CH2]OC(C)c1ccccn1. The van der Waals surface area contributed by atoms with Gasteiger partial charge in [-0.3, -0.25) is 4.98 Å². The third-order valence-electron chi connectivity index (χ3n) is 1.35. The van der Waals surface area contributed by atoms with E-state index < -0.39 is 0 Å². The molecular weight excluding hydrogens is 126 g/mol. The summed E-state index contributed by atoms with van der Waals surface area (Å²) in [5.74, 6) is 0. The van der Waals surface area contributed by atoms with Crippen molar-refractivity contribution in [2.24, 2.45) is 0 Å². The third kappa shape index (κ3) is 1.54. The van der Waals surface area contributed by atoms with E-state index in [0.29, 0.717) is 0 Å². The molecule has 1 rings (SSSR count). The Morgan fingerprint density at radius 1 is 1.60 bits per heavy atom. The predicted molar refractivity (Wildman–Crippen MR) is 39.1 cm³/mol. The standard InChI is InChI=1S/C8H10NO/c1-7(10-2)8-5-3-4-6-9-8/h3-7H,2H2,1H3. The van der Waals surface area contributed by atoms with Crippen LogP contribution in [0, 0.1) is 7.11 Å². The number of hydrogen-bond donors (Lipinski definition) is 0. The maximum atomic E-state index is 4.82. The highest BCUT2D eigenvalue weighted by molar-refractivity contribution is 5.05. The van der Waals surface area contributed by atoms with Gasteiger partial charge in [0.2, 0.25) is 0 Å². The van der Waals surface area contributed by atoms with E-state index in [4.69, 9.17) is 4.74 Å². The smallest absolute Gasteiger partial charge is 0.0967 e. The molecule has 0 aliphatic carbocycles. The topological polar surface area (TPSA) is 22.1 Å². The largest absolute Gasteiger partial charge is 0.370 e. The molecule has 1 radical (unpaired) electrons. The lowest BCUT2D eigenvalue weighted by atomic mass is 10.2. The average molecular weight is 136 g/mol. The van der Waals surface area contributed by atoms with E-state index in [1.165, 1.54) is 0 Å². The van der Waals surface area contributed by atoms with Crippen molar-refractivity contribution in [3.8, 4) is 0 Å². The van der Waals surface area contributed by atoms with Gasteiger partial charge in [-0.15, -0.1) is 0 Å². The Labute approximate surface area is 60.9 Å². The lowest BCUT2D eigenvalue weighted by Crippen LogP contribution is -1.96. The zero-order chi connectivity index (χ0) is 7.40. The molecule has 0 spiro atoms. The maximum absolute atomic E-state index is 4.82. The van der Waals surface area contributed by atoms with Crippen molar-refractivity contribution in [1.82, 2.24) is 4.98 Å². The van der Waals surface area contributed by atoms with E-state index in [1.807, 2.05) is 25.1 Å². The molecule has 10 heavy (non-hydrogen) atoms.